The first-order chi connectivity index (χ1) is 5.81. The lowest BCUT2D eigenvalue weighted by atomic mass is 9.99. The summed E-state index contributed by atoms with van der Waals surface area (Å²) in [6, 6.07) is 0. The molecule has 3 nitrogen and oxygen atoms in total. The second-order valence-corrected chi connectivity index (χ2v) is 4.09. The highest BCUT2D eigenvalue weighted by Gasteiger charge is 2.58. The van der Waals surface area contributed by atoms with Gasteiger partial charge in [-0.25, -0.2) is 0 Å². The molecule has 3 heteroatoms. The summed E-state index contributed by atoms with van der Waals surface area (Å²) in [6.45, 7) is 2.36. The molecule has 2 atom stereocenters. The van der Waals surface area contributed by atoms with Gasteiger partial charge in [-0.2, -0.15) is 5.10 Å². The zero-order valence-electron chi connectivity index (χ0n) is 7.25. The Balaban J connectivity index is 1.99. The van der Waals surface area contributed by atoms with Crippen LogP contribution in [0.25, 0.3) is 0 Å². The predicted octanol–water partition coefficient (Wildman–Crippen LogP) is 0.281. The molecule has 1 aliphatic carbocycles. The van der Waals surface area contributed by atoms with E-state index in [1.807, 2.05) is 17.9 Å². The van der Waals surface area contributed by atoms with Crippen LogP contribution < -0.4 is 5.32 Å². The van der Waals surface area contributed by atoms with E-state index in [1.165, 1.54) is 18.5 Å². The number of fused-ring (bicyclic) bond motifs is 1. The van der Waals surface area contributed by atoms with Gasteiger partial charge in [-0.3, -0.25) is 4.68 Å². The Kier molecular flexibility index (Phi) is 1.06. The number of nitrogens with one attached hydrogen (secondary N) is 1. The second-order valence-electron chi connectivity index (χ2n) is 4.09. The monoisotopic (exact) mass is 163 g/mol. The smallest absolute Gasteiger partial charge is 0.0527 e. The van der Waals surface area contributed by atoms with E-state index in [2.05, 4.69) is 16.6 Å². The Bertz CT molecular complexity index is 317. The van der Waals surface area contributed by atoms with Crippen LogP contribution in [0.15, 0.2) is 12.4 Å². The lowest BCUT2D eigenvalue weighted by Crippen LogP contribution is -2.18. The van der Waals surface area contributed by atoms with Crippen LogP contribution in [0.4, 0.5) is 0 Å². The van der Waals surface area contributed by atoms with Crippen LogP contribution >= 0.6 is 0 Å². The molecule has 2 heterocycles. The SMILES string of the molecule is Cn1cc(C23CNCC2C3)cn1. The molecule has 12 heavy (non-hydrogen) atoms. The van der Waals surface area contributed by atoms with E-state index in [4.69, 9.17) is 0 Å². The Morgan fingerprint density at radius 3 is 3.17 bits per heavy atom. The average Bonchev–Trinajstić information content (AvgIpc) is 2.50. The summed E-state index contributed by atoms with van der Waals surface area (Å²) >= 11 is 0. The third-order valence-electron chi connectivity index (χ3n) is 3.34. The van der Waals surface area contributed by atoms with Crippen molar-refractivity contribution in [3.05, 3.63) is 18.0 Å². The quantitative estimate of drug-likeness (QED) is 0.644. The van der Waals surface area contributed by atoms with E-state index in [0.717, 1.165) is 12.5 Å². The van der Waals surface area contributed by atoms with Crippen molar-refractivity contribution in [1.82, 2.24) is 15.1 Å². The van der Waals surface area contributed by atoms with E-state index < -0.39 is 0 Å². The number of hydrogen-bond donors (Lipinski definition) is 1. The fraction of sp³-hybridized carbons (Fsp3) is 0.667. The topological polar surface area (TPSA) is 29.9 Å². The standard InChI is InChI=1S/C9H13N3/c1-12-5-8(4-11-12)9-2-7(9)3-10-6-9/h4-5,7,10H,2-3,6H2,1H3. The normalized spacial score (nSPS) is 38.2. The van der Waals surface area contributed by atoms with Crippen LogP contribution in [0.2, 0.25) is 0 Å². The van der Waals surface area contributed by atoms with Crippen LogP contribution in [0.5, 0.6) is 0 Å². The second kappa shape index (κ2) is 1.91. The molecule has 0 radical (unpaired) electrons. The Labute approximate surface area is 71.8 Å². The van der Waals surface area contributed by atoms with E-state index in [-0.39, 0.29) is 0 Å². The first-order valence-corrected chi connectivity index (χ1v) is 4.51. The largest absolute Gasteiger partial charge is 0.316 e. The third kappa shape index (κ3) is 0.672. The number of piperidine rings is 1. The minimum absolute atomic E-state index is 0.480. The zero-order chi connectivity index (χ0) is 8.18. The number of rotatable bonds is 1. The van der Waals surface area contributed by atoms with Crippen molar-refractivity contribution in [2.45, 2.75) is 11.8 Å². The van der Waals surface area contributed by atoms with Crippen molar-refractivity contribution in [3.8, 4) is 0 Å². The minimum atomic E-state index is 0.480. The first-order valence-electron chi connectivity index (χ1n) is 4.51. The summed E-state index contributed by atoms with van der Waals surface area (Å²) in [6.07, 6.45) is 5.55. The highest BCUT2D eigenvalue weighted by atomic mass is 15.2. The summed E-state index contributed by atoms with van der Waals surface area (Å²) in [5.74, 6) is 0.890. The maximum absolute atomic E-state index is 4.22. The van der Waals surface area contributed by atoms with Gasteiger partial charge in [0.1, 0.15) is 0 Å². The van der Waals surface area contributed by atoms with Crippen molar-refractivity contribution in [2.24, 2.45) is 13.0 Å². The summed E-state index contributed by atoms with van der Waals surface area (Å²) in [4.78, 5) is 0. The molecular weight excluding hydrogens is 150 g/mol. The predicted molar refractivity (Wildman–Crippen MR) is 45.9 cm³/mol. The molecule has 1 aromatic rings. The molecule has 0 aromatic carbocycles. The maximum atomic E-state index is 4.22. The fourth-order valence-electron chi connectivity index (χ4n) is 2.47. The molecule has 2 fully saturated rings. The van der Waals surface area contributed by atoms with Crippen LogP contribution in [0.3, 0.4) is 0 Å². The third-order valence-corrected chi connectivity index (χ3v) is 3.34. The highest BCUT2D eigenvalue weighted by molar-refractivity contribution is 5.33. The molecule has 0 spiro atoms. The van der Waals surface area contributed by atoms with Crippen LogP contribution in [-0.2, 0) is 12.5 Å². The molecule has 64 valence electrons. The Morgan fingerprint density at radius 2 is 2.67 bits per heavy atom. The number of nitrogens with zero attached hydrogens (tertiary/aromatic N) is 2. The molecule has 2 aliphatic rings. The van der Waals surface area contributed by atoms with Crippen molar-refractivity contribution >= 4 is 0 Å². The molecule has 0 bridgehead atoms. The number of hydrogen-bond acceptors (Lipinski definition) is 2. The van der Waals surface area contributed by atoms with Crippen LogP contribution in [-0.4, -0.2) is 22.9 Å². The van der Waals surface area contributed by atoms with Crippen molar-refractivity contribution in [3.63, 3.8) is 0 Å². The van der Waals surface area contributed by atoms with Gasteiger partial charge in [0.15, 0.2) is 0 Å². The van der Waals surface area contributed by atoms with Gasteiger partial charge < -0.3 is 5.32 Å². The van der Waals surface area contributed by atoms with Gasteiger partial charge in [-0.1, -0.05) is 0 Å². The molecule has 3 rings (SSSR count). The van der Waals surface area contributed by atoms with E-state index in [0.29, 0.717) is 5.41 Å². The zero-order valence-corrected chi connectivity index (χ0v) is 7.25. The van der Waals surface area contributed by atoms with Crippen LogP contribution in [0, 0.1) is 5.92 Å². The van der Waals surface area contributed by atoms with E-state index in [1.54, 1.807) is 0 Å². The van der Waals surface area contributed by atoms with E-state index in [9.17, 15) is 0 Å². The van der Waals surface area contributed by atoms with Gasteiger partial charge in [0.05, 0.1) is 6.20 Å². The van der Waals surface area contributed by atoms with Gasteiger partial charge in [0.25, 0.3) is 0 Å². The number of aryl methyl sites for hydroxylation is 1. The molecule has 1 aromatic heterocycles. The van der Waals surface area contributed by atoms with Gasteiger partial charge >= 0.3 is 0 Å². The number of aromatic nitrogens is 2. The highest BCUT2D eigenvalue weighted by Crippen LogP contribution is 2.56. The van der Waals surface area contributed by atoms with Gasteiger partial charge in [0, 0.05) is 25.2 Å². The maximum Gasteiger partial charge on any atom is 0.0527 e. The Morgan fingerprint density at radius 1 is 1.75 bits per heavy atom. The molecule has 1 N–H and O–H groups in total. The molecule has 0 amide bonds. The first kappa shape index (κ1) is 6.66. The van der Waals surface area contributed by atoms with Crippen LogP contribution in [0.1, 0.15) is 12.0 Å². The minimum Gasteiger partial charge on any atom is -0.316 e. The average molecular weight is 163 g/mol. The summed E-state index contributed by atoms with van der Waals surface area (Å²) in [7, 11) is 1.99. The van der Waals surface area contributed by atoms with Gasteiger partial charge in [0.2, 0.25) is 0 Å². The summed E-state index contributed by atoms with van der Waals surface area (Å²) in [5, 5.41) is 7.66. The van der Waals surface area contributed by atoms with E-state index >= 15 is 0 Å². The lowest BCUT2D eigenvalue weighted by Gasteiger charge is -2.07. The fourth-order valence-corrected chi connectivity index (χ4v) is 2.47. The molecule has 1 saturated heterocycles. The van der Waals surface area contributed by atoms with Gasteiger partial charge in [-0.15, -0.1) is 0 Å². The van der Waals surface area contributed by atoms with Crippen molar-refractivity contribution in [2.75, 3.05) is 13.1 Å². The molecule has 1 saturated carbocycles. The molecule has 1 aliphatic heterocycles. The lowest BCUT2D eigenvalue weighted by molar-refractivity contribution is 0.674. The summed E-state index contributed by atoms with van der Waals surface area (Å²) < 4.78 is 1.90. The Hall–Kier alpha value is -0.830. The summed E-state index contributed by atoms with van der Waals surface area (Å²) in [5.41, 5.74) is 1.91. The van der Waals surface area contributed by atoms with Crippen molar-refractivity contribution < 1.29 is 0 Å². The molecule has 2 unspecified atom stereocenters. The van der Waals surface area contributed by atoms with Gasteiger partial charge in [-0.05, 0) is 24.4 Å². The molecular formula is C9H13N3. The van der Waals surface area contributed by atoms with Crippen molar-refractivity contribution in [1.29, 1.82) is 0 Å².